The Bertz CT molecular complexity index is 1250. The fourth-order valence-corrected chi connectivity index (χ4v) is 3.71. The predicted molar refractivity (Wildman–Crippen MR) is 126 cm³/mol. The Hall–Kier alpha value is -3.15. The van der Waals surface area contributed by atoms with Gasteiger partial charge in [0, 0.05) is 27.9 Å². The van der Waals surface area contributed by atoms with Gasteiger partial charge in [0.15, 0.2) is 0 Å². The highest BCUT2D eigenvalue weighted by Crippen LogP contribution is 2.34. The normalized spacial score (nSPS) is 10.5. The number of rotatable bonds is 6. The number of benzene rings is 2. The molecule has 0 radical (unpaired) electrons. The third kappa shape index (κ3) is 4.20. The van der Waals surface area contributed by atoms with E-state index < -0.39 is 0 Å². The number of nitrogens with two attached hydrogens (primary N) is 1. The Morgan fingerprint density at radius 1 is 1.10 bits per heavy atom. The van der Waals surface area contributed by atoms with Gasteiger partial charge >= 0.3 is 0 Å². The molecule has 0 amide bonds. The van der Waals surface area contributed by atoms with Crippen molar-refractivity contribution in [2.45, 2.75) is 13.5 Å². The Balaban J connectivity index is 0.00000272. The molecule has 4 aromatic rings. The lowest BCUT2D eigenvalue weighted by Crippen LogP contribution is -2.07. The van der Waals surface area contributed by atoms with Crippen molar-refractivity contribution < 1.29 is 14.3 Å². The number of pyridine rings is 1. The number of ketones is 1. The molecule has 0 aliphatic carbocycles. The fraction of sp³-hybridized carbons (Fsp3) is 0.125. The largest absolute Gasteiger partial charge is 0.495 e. The standard InChI is InChI=1S/C24H21ClN2O3.ClH/c1-15-22(23(28)16-10-11-19(26)21(13-16)29-2)27-12-6-5-9-20(27)24(15)30-14-17-7-3-4-8-18(17)25;/h3-13H,14,26H2,1-2H3;1H. The molecule has 0 saturated carbocycles. The lowest BCUT2D eigenvalue weighted by molar-refractivity contribution is 0.103. The number of hydrogen-bond donors (Lipinski definition) is 1. The van der Waals surface area contributed by atoms with Gasteiger partial charge in [-0.15, -0.1) is 12.4 Å². The van der Waals surface area contributed by atoms with Gasteiger partial charge in [0.1, 0.15) is 23.8 Å². The number of nitrogens with zero attached hydrogens (tertiary/aromatic N) is 1. The molecule has 0 fully saturated rings. The van der Waals surface area contributed by atoms with Gasteiger partial charge in [-0.25, -0.2) is 0 Å². The SMILES string of the molecule is COc1cc(C(=O)c2c(C)c(OCc3ccccc3Cl)c3ccccn23)ccc1N.Cl. The number of carbonyl (C=O) groups excluding carboxylic acids is 1. The zero-order valence-corrected chi connectivity index (χ0v) is 18.7. The summed E-state index contributed by atoms with van der Waals surface area (Å²) >= 11 is 6.26. The number of carbonyl (C=O) groups is 1. The smallest absolute Gasteiger partial charge is 0.210 e. The number of ether oxygens (including phenoxy) is 2. The van der Waals surface area contributed by atoms with Crippen LogP contribution in [-0.4, -0.2) is 17.3 Å². The van der Waals surface area contributed by atoms with Crippen LogP contribution in [0.25, 0.3) is 5.52 Å². The number of fused-ring (bicyclic) bond motifs is 1. The summed E-state index contributed by atoms with van der Waals surface area (Å²) in [5.74, 6) is 0.982. The number of methoxy groups -OCH3 is 1. The first-order chi connectivity index (χ1) is 14.5. The van der Waals surface area contributed by atoms with Crippen molar-refractivity contribution in [1.29, 1.82) is 0 Å². The monoisotopic (exact) mass is 456 g/mol. The molecule has 2 aromatic carbocycles. The minimum Gasteiger partial charge on any atom is -0.495 e. The lowest BCUT2D eigenvalue weighted by Gasteiger charge is -2.09. The van der Waals surface area contributed by atoms with E-state index in [4.69, 9.17) is 26.8 Å². The zero-order valence-electron chi connectivity index (χ0n) is 17.1. The van der Waals surface area contributed by atoms with E-state index in [0.29, 0.717) is 40.1 Å². The third-order valence-corrected chi connectivity index (χ3v) is 5.44. The Morgan fingerprint density at radius 2 is 1.84 bits per heavy atom. The third-order valence-electron chi connectivity index (χ3n) is 5.07. The van der Waals surface area contributed by atoms with Crippen LogP contribution in [0.1, 0.15) is 27.2 Å². The van der Waals surface area contributed by atoms with Crippen LogP contribution in [0.5, 0.6) is 11.5 Å². The molecular weight excluding hydrogens is 435 g/mol. The summed E-state index contributed by atoms with van der Waals surface area (Å²) in [6.45, 7) is 2.19. The van der Waals surface area contributed by atoms with E-state index in [1.54, 1.807) is 18.2 Å². The van der Waals surface area contributed by atoms with Crippen molar-refractivity contribution in [2.75, 3.05) is 12.8 Å². The first kappa shape index (κ1) is 22.5. The average molecular weight is 457 g/mol. The highest BCUT2D eigenvalue weighted by molar-refractivity contribution is 6.31. The van der Waals surface area contributed by atoms with Gasteiger partial charge in [-0.3, -0.25) is 4.79 Å². The molecule has 0 spiro atoms. The fourth-order valence-electron chi connectivity index (χ4n) is 3.52. The summed E-state index contributed by atoms with van der Waals surface area (Å²) in [6.07, 6.45) is 1.85. The van der Waals surface area contributed by atoms with Crippen LogP contribution in [0.15, 0.2) is 66.9 Å². The number of anilines is 1. The Kier molecular flexibility index (Phi) is 6.78. The maximum absolute atomic E-state index is 13.4. The van der Waals surface area contributed by atoms with Crippen LogP contribution >= 0.6 is 24.0 Å². The molecule has 2 heterocycles. The second-order valence-electron chi connectivity index (χ2n) is 6.92. The van der Waals surface area contributed by atoms with Crippen LogP contribution in [0.3, 0.4) is 0 Å². The Labute approximate surface area is 191 Å². The first-order valence-electron chi connectivity index (χ1n) is 9.45. The summed E-state index contributed by atoms with van der Waals surface area (Å²) in [5.41, 5.74) is 9.85. The van der Waals surface area contributed by atoms with Gasteiger partial charge in [0.25, 0.3) is 0 Å². The molecule has 160 valence electrons. The maximum Gasteiger partial charge on any atom is 0.210 e. The quantitative estimate of drug-likeness (QED) is 0.297. The lowest BCUT2D eigenvalue weighted by atomic mass is 10.0. The summed E-state index contributed by atoms with van der Waals surface area (Å²) in [5, 5.41) is 0.643. The molecule has 5 nitrogen and oxygen atoms in total. The average Bonchev–Trinajstić information content (AvgIpc) is 3.04. The zero-order chi connectivity index (χ0) is 21.3. The van der Waals surface area contributed by atoms with E-state index in [0.717, 1.165) is 16.6 Å². The van der Waals surface area contributed by atoms with Gasteiger partial charge in [0.2, 0.25) is 5.78 Å². The summed E-state index contributed by atoms with van der Waals surface area (Å²) in [6, 6.07) is 18.3. The number of halogens is 2. The molecule has 2 aromatic heterocycles. The van der Waals surface area contributed by atoms with Crippen LogP contribution in [0.2, 0.25) is 5.02 Å². The van der Waals surface area contributed by atoms with Crippen LogP contribution in [-0.2, 0) is 6.61 Å². The number of hydrogen-bond acceptors (Lipinski definition) is 4. The van der Waals surface area contributed by atoms with Gasteiger partial charge < -0.3 is 19.6 Å². The second kappa shape index (κ2) is 9.33. The van der Waals surface area contributed by atoms with Gasteiger partial charge in [0.05, 0.1) is 18.3 Å². The van der Waals surface area contributed by atoms with Crippen molar-refractivity contribution in [3.05, 3.63) is 94.3 Å². The predicted octanol–water partition coefficient (Wildman–Crippen LogP) is 5.72. The molecule has 0 atom stereocenters. The molecular formula is C24H22Cl2N2O3. The van der Waals surface area contributed by atoms with Crippen molar-refractivity contribution >= 4 is 41.0 Å². The van der Waals surface area contributed by atoms with Gasteiger partial charge in [-0.05, 0) is 43.3 Å². The van der Waals surface area contributed by atoms with E-state index >= 15 is 0 Å². The molecule has 2 N–H and O–H groups in total. The molecule has 0 aliphatic heterocycles. The van der Waals surface area contributed by atoms with E-state index in [2.05, 4.69) is 0 Å². The van der Waals surface area contributed by atoms with Crippen LogP contribution in [0, 0.1) is 6.92 Å². The molecule has 0 bridgehead atoms. The number of nitrogen functional groups attached to an aromatic ring is 1. The minimum atomic E-state index is -0.139. The summed E-state index contributed by atoms with van der Waals surface area (Å²) in [7, 11) is 1.53. The molecule has 4 rings (SSSR count). The van der Waals surface area contributed by atoms with E-state index in [9.17, 15) is 4.79 Å². The van der Waals surface area contributed by atoms with Crippen molar-refractivity contribution in [3.8, 4) is 11.5 Å². The van der Waals surface area contributed by atoms with E-state index in [1.165, 1.54) is 7.11 Å². The van der Waals surface area contributed by atoms with E-state index in [1.807, 2.05) is 60.0 Å². The van der Waals surface area contributed by atoms with Gasteiger partial charge in [-0.1, -0.05) is 35.9 Å². The topological polar surface area (TPSA) is 66.0 Å². The second-order valence-corrected chi connectivity index (χ2v) is 7.33. The maximum atomic E-state index is 13.4. The van der Waals surface area contributed by atoms with Gasteiger partial charge in [-0.2, -0.15) is 0 Å². The molecule has 0 saturated heterocycles. The molecule has 0 aliphatic rings. The van der Waals surface area contributed by atoms with Crippen LogP contribution in [0.4, 0.5) is 5.69 Å². The highest BCUT2D eigenvalue weighted by atomic mass is 35.5. The summed E-state index contributed by atoms with van der Waals surface area (Å²) < 4.78 is 13.3. The Morgan fingerprint density at radius 3 is 2.58 bits per heavy atom. The number of aromatic nitrogens is 1. The minimum absolute atomic E-state index is 0. The first-order valence-corrected chi connectivity index (χ1v) is 9.83. The molecule has 7 heteroatoms. The summed E-state index contributed by atoms with van der Waals surface area (Å²) in [4.78, 5) is 13.4. The van der Waals surface area contributed by atoms with Crippen LogP contribution < -0.4 is 15.2 Å². The van der Waals surface area contributed by atoms with E-state index in [-0.39, 0.29) is 18.2 Å². The van der Waals surface area contributed by atoms with Crippen molar-refractivity contribution in [1.82, 2.24) is 4.40 Å². The van der Waals surface area contributed by atoms with Crippen molar-refractivity contribution in [3.63, 3.8) is 0 Å². The molecule has 31 heavy (non-hydrogen) atoms. The highest BCUT2D eigenvalue weighted by Gasteiger charge is 2.23. The van der Waals surface area contributed by atoms with Crippen molar-refractivity contribution in [2.24, 2.45) is 0 Å². The molecule has 0 unspecified atom stereocenters.